The van der Waals surface area contributed by atoms with E-state index in [0.717, 1.165) is 32.1 Å². The zero-order valence-corrected chi connectivity index (χ0v) is 14.4. The first-order chi connectivity index (χ1) is 9.95. The number of aliphatic hydroxyl groups excluding tert-OH is 1. The average Bonchev–Trinajstić information content (AvgIpc) is 2.47. The fourth-order valence-electron chi connectivity index (χ4n) is 1.75. The minimum absolute atomic E-state index is 0.151. The van der Waals surface area contributed by atoms with Crippen molar-refractivity contribution in [1.82, 2.24) is 0 Å². The Morgan fingerprint density at radius 2 is 1.67 bits per heavy atom. The zero-order chi connectivity index (χ0) is 16.1. The molecular weight excluding hydrogens is 268 g/mol. The molecule has 0 rings (SSSR count). The van der Waals surface area contributed by atoms with E-state index in [-0.39, 0.29) is 6.10 Å². The highest BCUT2D eigenvalue weighted by Crippen LogP contribution is 2.16. The van der Waals surface area contributed by atoms with Gasteiger partial charge in [0.05, 0.1) is 6.10 Å². The molecule has 0 aromatic heterocycles. The highest BCUT2D eigenvalue weighted by molar-refractivity contribution is 4.94. The van der Waals surface area contributed by atoms with Crippen LogP contribution in [0.25, 0.3) is 0 Å². The third-order valence-corrected chi connectivity index (χ3v) is 3.36. The van der Waals surface area contributed by atoms with Crippen LogP contribution in [-0.4, -0.2) is 30.2 Å². The maximum Gasteiger partial charge on any atom is 0.195 e. The molecule has 0 amide bonds. The van der Waals surface area contributed by atoms with Gasteiger partial charge in [-0.1, -0.05) is 58.1 Å². The maximum atomic E-state index is 9.87. The van der Waals surface area contributed by atoms with Gasteiger partial charge < -0.3 is 9.84 Å². The Labute approximate surface area is 130 Å². The van der Waals surface area contributed by atoms with Crippen LogP contribution in [0.1, 0.15) is 72.6 Å². The quantitative estimate of drug-likeness (QED) is 0.180. The molecule has 0 radical (unpaired) electrons. The van der Waals surface area contributed by atoms with Crippen LogP contribution in [0.2, 0.25) is 0 Å². The molecule has 0 unspecified atom stereocenters. The van der Waals surface area contributed by atoms with Gasteiger partial charge in [0.2, 0.25) is 0 Å². The Morgan fingerprint density at radius 3 is 2.24 bits per heavy atom. The Hall–Kier alpha value is -0.420. The predicted molar refractivity (Wildman–Crippen MR) is 85.9 cm³/mol. The molecule has 0 aromatic rings. The van der Waals surface area contributed by atoms with E-state index in [1.807, 2.05) is 12.2 Å². The first-order valence-electron chi connectivity index (χ1n) is 8.21. The minimum atomic E-state index is -0.766. The maximum absolute atomic E-state index is 9.87. The highest BCUT2D eigenvalue weighted by atomic mass is 17.2. The molecule has 0 spiro atoms. The van der Waals surface area contributed by atoms with Crippen LogP contribution in [-0.2, 0) is 14.5 Å². The SMILES string of the molecule is CCCCC[C@@H](/C=C/[C@H](O)CCCC)OOC(C)(C)OC. The molecule has 0 bridgehead atoms. The van der Waals surface area contributed by atoms with Crippen LogP contribution in [0.3, 0.4) is 0 Å². The van der Waals surface area contributed by atoms with Gasteiger partial charge >= 0.3 is 0 Å². The first kappa shape index (κ1) is 20.6. The van der Waals surface area contributed by atoms with Crippen LogP contribution >= 0.6 is 0 Å². The molecule has 0 aliphatic heterocycles. The van der Waals surface area contributed by atoms with Gasteiger partial charge in [-0.05, 0) is 26.7 Å². The molecule has 0 fully saturated rings. The molecule has 0 aliphatic rings. The third kappa shape index (κ3) is 11.9. The van der Waals surface area contributed by atoms with Gasteiger partial charge in [0, 0.05) is 7.11 Å². The topological polar surface area (TPSA) is 47.9 Å². The summed E-state index contributed by atoms with van der Waals surface area (Å²) in [7, 11) is 1.58. The Balaban J connectivity index is 4.33. The van der Waals surface area contributed by atoms with Gasteiger partial charge in [-0.15, -0.1) is 0 Å². The highest BCUT2D eigenvalue weighted by Gasteiger charge is 2.20. The van der Waals surface area contributed by atoms with Crippen molar-refractivity contribution in [2.24, 2.45) is 0 Å². The summed E-state index contributed by atoms with van der Waals surface area (Å²) in [6, 6.07) is 0. The van der Waals surface area contributed by atoms with Crippen molar-refractivity contribution in [3.8, 4) is 0 Å². The van der Waals surface area contributed by atoms with Crippen molar-refractivity contribution < 1.29 is 19.6 Å². The summed E-state index contributed by atoms with van der Waals surface area (Å²) >= 11 is 0. The van der Waals surface area contributed by atoms with E-state index in [4.69, 9.17) is 14.5 Å². The molecule has 21 heavy (non-hydrogen) atoms. The molecule has 1 N–H and O–H groups in total. The van der Waals surface area contributed by atoms with Gasteiger partial charge in [0.15, 0.2) is 5.79 Å². The van der Waals surface area contributed by atoms with Crippen molar-refractivity contribution in [2.45, 2.75) is 90.6 Å². The van der Waals surface area contributed by atoms with E-state index < -0.39 is 11.9 Å². The van der Waals surface area contributed by atoms with E-state index in [1.54, 1.807) is 21.0 Å². The number of unbranched alkanes of at least 4 members (excludes halogenated alkanes) is 3. The smallest absolute Gasteiger partial charge is 0.195 e. The molecular formula is C17H34O4. The largest absolute Gasteiger partial charge is 0.389 e. The molecule has 126 valence electrons. The molecule has 4 heteroatoms. The lowest BCUT2D eigenvalue weighted by Crippen LogP contribution is -2.29. The van der Waals surface area contributed by atoms with Crippen molar-refractivity contribution >= 4 is 0 Å². The first-order valence-corrected chi connectivity index (χ1v) is 8.21. The second kappa shape index (κ2) is 12.2. The summed E-state index contributed by atoms with van der Waals surface area (Å²) < 4.78 is 5.17. The summed E-state index contributed by atoms with van der Waals surface area (Å²) in [5, 5.41) is 9.87. The number of hydrogen-bond donors (Lipinski definition) is 1. The zero-order valence-electron chi connectivity index (χ0n) is 14.4. The fourth-order valence-corrected chi connectivity index (χ4v) is 1.75. The number of hydrogen-bond acceptors (Lipinski definition) is 4. The normalized spacial score (nSPS) is 15.5. The van der Waals surface area contributed by atoms with Crippen LogP contribution in [0.5, 0.6) is 0 Å². The van der Waals surface area contributed by atoms with Gasteiger partial charge in [-0.3, -0.25) is 0 Å². The average molecular weight is 302 g/mol. The predicted octanol–water partition coefficient (Wildman–Crippen LogP) is 4.37. The summed E-state index contributed by atoms with van der Waals surface area (Å²) in [5.74, 6) is -0.766. The van der Waals surface area contributed by atoms with E-state index in [2.05, 4.69) is 13.8 Å². The van der Waals surface area contributed by atoms with Gasteiger partial charge in [0.25, 0.3) is 0 Å². The standard InChI is InChI=1S/C17H34O4/c1-6-8-10-12-16(20-21-17(3,4)19-5)14-13-15(18)11-9-7-2/h13-16,18H,6-12H2,1-5H3/b14-13+/t15-,16+/m1/s1. The Morgan fingerprint density at radius 1 is 1.00 bits per heavy atom. The minimum Gasteiger partial charge on any atom is -0.389 e. The summed E-state index contributed by atoms with van der Waals surface area (Å²) in [6.07, 6.45) is 10.4. The molecule has 0 aliphatic carbocycles. The number of methoxy groups -OCH3 is 1. The van der Waals surface area contributed by atoms with Crippen molar-refractivity contribution in [2.75, 3.05) is 7.11 Å². The monoisotopic (exact) mass is 302 g/mol. The molecule has 0 aromatic carbocycles. The third-order valence-electron chi connectivity index (χ3n) is 3.36. The lowest BCUT2D eigenvalue weighted by molar-refractivity contribution is -0.425. The van der Waals surface area contributed by atoms with E-state index in [9.17, 15) is 5.11 Å². The second-order valence-corrected chi connectivity index (χ2v) is 5.91. The summed E-state index contributed by atoms with van der Waals surface area (Å²) in [5.41, 5.74) is 0. The van der Waals surface area contributed by atoms with E-state index >= 15 is 0 Å². The van der Waals surface area contributed by atoms with Crippen LogP contribution in [0, 0.1) is 0 Å². The Bertz CT molecular complexity index is 264. The lowest BCUT2D eigenvalue weighted by Gasteiger charge is -2.24. The van der Waals surface area contributed by atoms with Gasteiger partial charge in [0.1, 0.15) is 6.10 Å². The summed E-state index contributed by atoms with van der Waals surface area (Å²) in [6.45, 7) is 7.89. The number of aliphatic hydroxyl groups is 1. The number of ether oxygens (including phenoxy) is 1. The molecule has 0 heterocycles. The van der Waals surface area contributed by atoms with Crippen molar-refractivity contribution in [3.63, 3.8) is 0 Å². The molecule has 0 saturated heterocycles. The van der Waals surface area contributed by atoms with Gasteiger partial charge in [-0.2, -0.15) is 0 Å². The molecule has 4 nitrogen and oxygen atoms in total. The van der Waals surface area contributed by atoms with E-state index in [1.165, 1.54) is 12.8 Å². The van der Waals surface area contributed by atoms with Crippen LogP contribution < -0.4 is 0 Å². The fraction of sp³-hybridized carbons (Fsp3) is 0.882. The molecule has 2 atom stereocenters. The van der Waals surface area contributed by atoms with Crippen molar-refractivity contribution in [3.05, 3.63) is 12.2 Å². The summed E-state index contributed by atoms with van der Waals surface area (Å²) in [4.78, 5) is 10.8. The molecule has 0 saturated carbocycles. The van der Waals surface area contributed by atoms with Crippen molar-refractivity contribution in [1.29, 1.82) is 0 Å². The second-order valence-electron chi connectivity index (χ2n) is 5.91. The lowest BCUT2D eigenvalue weighted by atomic mass is 10.1. The van der Waals surface area contributed by atoms with Crippen LogP contribution in [0.15, 0.2) is 12.2 Å². The van der Waals surface area contributed by atoms with Gasteiger partial charge in [-0.25, -0.2) is 9.78 Å². The number of rotatable bonds is 13. The van der Waals surface area contributed by atoms with Crippen LogP contribution in [0.4, 0.5) is 0 Å². The van der Waals surface area contributed by atoms with E-state index in [0.29, 0.717) is 0 Å². The Kier molecular flexibility index (Phi) is 11.9.